The van der Waals surface area contributed by atoms with E-state index in [9.17, 15) is 9.18 Å². The summed E-state index contributed by atoms with van der Waals surface area (Å²) >= 11 is 0. The second kappa shape index (κ2) is 5.73. The number of nitrogens with zero attached hydrogens (tertiary/aromatic N) is 2. The topological polar surface area (TPSA) is 57.3 Å². The lowest BCUT2D eigenvalue weighted by atomic mass is 9.90. The third kappa shape index (κ3) is 2.29. The molecule has 0 fully saturated rings. The smallest absolute Gasteiger partial charge is 0.317 e. The zero-order valence-corrected chi connectivity index (χ0v) is 13.7. The number of carbonyl (C=O) groups is 1. The maximum Gasteiger partial charge on any atom is 0.317 e. The van der Waals surface area contributed by atoms with Crippen LogP contribution in [0.1, 0.15) is 17.0 Å². The Morgan fingerprint density at radius 2 is 2.04 bits per heavy atom. The largest absolute Gasteiger partial charge is 0.468 e. The molecule has 0 aliphatic rings. The molecule has 0 N–H and O–H groups in total. The van der Waals surface area contributed by atoms with E-state index in [0.717, 1.165) is 10.9 Å². The fraction of sp³-hybridized carbons (Fsp3) is 0.158. The van der Waals surface area contributed by atoms with Crippen LogP contribution in [0.5, 0.6) is 0 Å². The van der Waals surface area contributed by atoms with Gasteiger partial charge >= 0.3 is 5.97 Å². The van der Waals surface area contributed by atoms with Crippen LogP contribution in [0, 0.1) is 5.82 Å². The molecule has 0 aliphatic heterocycles. The summed E-state index contributed by atoms with van der Waals surface area (Å²) in [6, 6.07) is 10.9. The summed E-state index contributed by atoms with van der Waals surface area (Å²) in [6.45, 7) is 0. The van der Waals surface area contributed by atoms with E-state index in [1.807, 2.05) is 42.1 Å². The van der Waals surface area contributed by atoms with Gasteiger partial charge in [-0.2, -0.15) is 0 Å². The van der Waals surface area contributed by atoms with Crippen molar-refractivity contribution in [2.45, 2.75) is 5.92 Å². The zero-order chi connectivity index (χ0) is 17.6. The van der Waals surface area contributed by atoms with Gasteiger partial charge in [0.25, 0.3) is 0 Å². The van der Waals surface area contributed by atoms with E-state index in [0.29, 0.717) is 11.1 Å². The van der Waals surface area contributed by atoms with Crippen LogP contribution < -0.4 is 0 Å². The number of ether oxygens (including phenoxy) is 1. The molecule has 1 unspecified atom stereocenters. The van der Waals surface area contributed by atoms with Crippen LogP contribution >= 0.6 is 0 Å². The van der Waals surface area contributed by atoms with Crippen LogP contribution in [0.3, 0.4) is 0 Å². The molecule has 1 atom stereocenters. The van der Waals surface area contributed by atoms with Gasteiger partial charge in [0.2, 0.25) is 0 Å². The number of hydrogen-bond acceptors (Lipinski definition) is 4. The summed E-state index contributed by atoms with van der Waals surface area (Å²) in [4.78, 5) is 16.5. The van der Waals surface area contributed by atoms with E-state index < -0.39 is 17.7 Å². The lowest BCUT2D eigenvalue weighted by Crippen LogP contribution is -2.17. The summed E-state index contributed by atoms with van der Waals surface area (Å²) in [7, 11) is 3.18. The molecule has 2 aromatic heterocycles. The molecule has 0 spiro atoms. The number of fused-ring (bicyclic) bond motifs is 2. The minimum absolute atomic E-state index is 0.0339. The molecule has 5 nitrogen and oxygen atoms in total. The molecular formula is C19H15FN2O3. The van der Waals surface area contributed by atoms with E-state index in [1.54, 1.807) is 12.1 Å². The second-order valence-electron chi connectivity index (χ2n) is 5.84. The minimum atomic E-state index is -0.898. The Morgan fingerprint density at radius 3 is 2.84 bits per heavy atom. The van der Waals surface area contributed by atoms with Crippen LogP contribution in [0.25, 0.3) is 22.0 Å². The molecular weight excluding hydrogens is 323 g/mol. The monoisotopic (exact) mass is 338 g/mol. The Labute approximate surface area is 142 Å². The fourth-order valence-corrected chi connectivity index (χ4v) is 3.28. The predicted molar refractivity (Wildman–Crippen MR) is 90.7 cm³/mol. The quantitative estimate of drug-likeness (QED) is 0.534. The van der Waals surface area contributed by atoms with Crippen molar-refractivity contribution >= 4 is 28.0 Å². The van der Waals surface area contributed by atoms with E-state index in [2.05, 4.69) is 4.98 Å². The SMILES string of the molecule is COC(=O)C(c1ccc2ncoc2c1F)c1cn(C)c2ccccc12. The van der Waals surface area contributed by atoms with Gasteiger partial charge in [-0.05, 0) is 17.7 Å². The molecule has 2 heterocycles. The highest BCUT2D eigenvalue weighted by Gasteiger charge is 2.31. The maximum absolute atomic E-state index is 15.0. The van der Waals surface area contributed by atoms with Crippen molar-refractivity contribution < 1.29 is 18.3 Å². The Balaban J connectivity index is 1.99. The molecule has 6 heteroatoms. The summed E-state index contributed by atoms with van der Waals surface area (Å²) in [5.41, 5.74) is 2.28. The second-order valence-corrected chi connectivity index (χ2v) is 5.84. The van der Waals surface area contributed by atoms with E-state index in [4.69, 9.17) is 9.15 Å². The van der Waals surface area contributed by atoms with Crippen molar-refractivity contribution in [3.05, 3.63) is 65.9 Å². The van der Waals surface area contributed by atoms with E-state index >= 15 is 0 Å². The summed E-state index contributed by atoms with van der Waals surface area (Å²) in [6.07, 6.45) is 3.01. The minimum Gasteiger partial charge on any atom is -0.468 e. The number of hydrogen-bond donors (Lipinski definition) is 0. The highest BCUT2D eigenvalue weighted by molar-refractivity contribution is 5.93. The van der Waals surface area contributed by atoms with Crippen molar-refractivity contribution in [3.8, 4) is 0 Å². The van der Waals surface area contributed by atoms with Crippen molar-refractivity contribution in [2.75, 3.05) is 7.11 Å². The van der Waals surface area contributed by atoms with Gasteiger partial charge in [-0.15, -0.1) is 0 Å². The fourth-order valence-electron chi connectivity index (χ4n) is 3.28. The standard InChI is InChI=1S/C19H15FN2O3/c1-22-9-13(11-5-3-4-6-15(11)22)16(19(23)24-2)12-7-8-14-18(17(12)20)25-10-21-14/h3-10,16H,1-2H3. The molecule has 4 aromatic rings. The maximum atomic E-state index is 15.0. The summed E-state index contributed by atoms with van der Waals surface area (Å²) < 4.78 is 27.0. The first-order chi connectivity index (χ1) is 12.1. The molecule has 0 saturated heterocycles. The molecule has 2 aromatic carbocycles. The van der Waals surface area contributed by atoms with Crippen LogP contribution in [-0.2, 0) is 16.6 Å². The number of oxazole rings is 1. The number of rotatable bonds is 3. The molecule has 0 bridgehead atoms. The van der Waals surface area contributed by atoms with Crippen molar-refractivity contribution in [1.29, 1.82) is 0 Å². The van der Waals surface area contributed by atoms with Crippen LogP contribution in [0.15, 0.2) is 53.4 Å². The average Bonchev–Trinajstić information content (AvgIpc) is 3.23. The predicted octanol–water partition coefficient (Wildman–Crippen LogP) is 3.76. The van der Waals surface area contributed by atoms with Gasteiger partial charge in [0, 0.05) is 29.7 Å². The number of para-hydroxylation sites is 1. The lowest BCUT2D eigenvalue weighted by molar-refractivity contribution is -0.141. The van der Waals surface area contributed by atoms with E-state index in [1.165, 1.54) is 13.5 Å². The first-order valence-corrected chi connectivity index (χ1v) is 7.75. The Kier molecular flexibility index (Phi) is 3.53. The third-order valence-corrected chi connectivity index (χ3v) is 4.46. The summed E-state index contributed by atoms with van der Waals surface area (Å²) in [5.74, 6) is -2.03. The van der Waals surface area contributed by atoms with E-state index in [-0.39, 0.29) is 11.1 Å². The Hall–Kier alpha value is -3.15. The van der Waals surface area contributed by atoms with Gasteiger partial charge in [-0.1, -0.05) is 24.3 Å². The number of aryl methyl sites for hydroxylation is 1. The first-order valence-electron chi connectivity index (χ1n) is 7.75. The number of esters is 1. The number of halogens is 1. The molecule has 0 amide bonds. The van der Waals surface area contributed by atoms with Crippen LogP contribution in [0.2, 0.25) is 0 Å². The number of methoxy groups -OCH3 is 1. The van der Waals surface area contributed by atoms with Gasteiger partial charge < -0.3 is 13.7 Å². The summed E-state index contributed by atoms with van der Waals surface area (Å²) in [5, 5.41) is 0.873. The van der Waals surface area contributed by atoms with Crippen LogP contribution in [0.4, 0.5) is 4.39 Å². The molecule has 126 valence electrons. The number of aromatic nitrogens is 2. The van der Waals surface area contributed by atoms with Gasteiger partial charge in [0.15, 0.2) is 17.8 Å². The highest BCUT2D eigenvalue weighted by Crippen LogP contribution is 2.36. The van der Waals surface area contributed by atoms with Crippen molar-refractivity contribution in [3.63, 3.8) is 0 Å². The van der Waals surface area contributed by atoms with Gasteiger partial charge in [-0.3, -0.25) is 4.79 Å². The van der Waals surface area contributed by atoms with Gasteiger partial charge in [0.1, 0.15) is 11.4 Å². The molecule has 25 heavy (non-hydrogen) atoms. The van der Waals surface area contributed by atoms with Crippen molar-refractivity contribution in [1.82, 2.24) is 9.55 Å². The zero-order valence-electron chi connectivity index (χ0n) is 13.7. The average molecular weight is 338 g/mol. The third-order valence-electron chi connectivity index (χ3n) is 4.46. The highest BCUT2D eigenvalue weighted by atomic mass is 19.1. The van der Waals surface area contributed by atoms with Crippen molar-refractivity contribution in [2.24, 2.45) is 7.05 Å². The molecule has 4 rings (SSSR count). The van der Waals surface area contributed by atoms with Gasteiger partial charge in [0.05, 0.1) is 7.11 Å². The Bertz CT molecular complexity index is 1100. The first kappa shape index (κ1) is 15.4. The molecule has 0 radical (unpaired) electrons. The number of benzene rings is 2. The Morgan fingerprint density at radius 1 is 1.24 bits per heavy atom. The lowest BCUT2D eigenvalue weighted by Gasteiger charge is -2.15. The normalized spacial score (nSPS) is 12.6. The number of carbonyl (C=O) groups excluding carboxylic acids is 1. The molecule has 0 saturated carbocycles. The molecule has 0 aliphatic carbocycles. The van der Waals surface area contributed by atoms with Gasteiger partial charge in [-0.25, -0.2) is 9.37 Å². The van der Waals surface area contributed by atoms with Crippen LogP contribution in [-0.4, -0.2) is 22.6 Å².